The molecule has 134 valence electrons. The Kier molecular flexibility index (Phi) is 7.75. The molecule has 1 fully saturated rings. The molecular weight excluding hydrogens is 306 g/mol. The Hall–Kier alpha value is -1.88. The Morgan fingerprint density at radius 3 is 2.71 bits per heavy atom. The maximum absolute atomic E-state index is 6.07. The average molecular weight is 335 g/mol. The molecule has 1 atom stereocenters. The molecule has 0 amide bonds. The highest BCUT2D eigenvalue weighted by atomic mass is 16.5. The van der Waals surface area contributed by atoms with Crippen LogP contribution in [0.15, 0.2) is 47.8 Å². The van der Waals surface area contributed by atoms with E-state index in [1.165, 1.54) is 12.8 Å². The molecule has 5 nitrogen and oxygen atoms in total. The van der Waals surface area contributed by atoms with Gasteiger partial charge >= 0.3 is 0 Å². The number of allylic oxidation sites excluding steroid dienone is 2. The molecule has 1 N–H and O–H groups in total. The SMILES string of the molecule is CCC1C=C(NC2CC2)C(/C=C/OC)=C(/C=C/OCCCOC)O1. The molecule has 0 radical (unpaired) electrons. The minimum Gasteiger partial charge on any atom is -0.504 e. The van der Waals surface area contributed by atoms with Gasteiger partial charge in [-0.05, 0) is 31.4 Å². The molecule has 0 aromatic heterocycles. The van der Waals surface area contributed by atoms with Crippen molar-refractivity contribution in [3.05, 3.63) is 47.8 Å². The van der Waals surface area contributed by atoms with Gasteiger partial charge in [0.15, 0.2) is 0 Å². The van der Waals surface area contributed by atoms with Gasteiger partial charge in [-0.25, -0.2) is 0 Å². The van der Waals surface area contributed by atoms with E-state index in [0.717, 1.165) is 29.9 Å². The number of hydrogen-bond acceptors (Lipinski definition) is 5. The first-order chi connectivity index (χ1) is 11.8. The third kappa shape index (κ3) is 5.96. The van der Waals surface area contributed by atoms with Crippen LogP contribution in [0.1, 0.15) is 32.6 Å². The van der Waals surface area contributed by atoms with E-state index in [4.69, 9.17) is 18.9 Å². The first kappa shape index (κ1) is 18.5. The topological polar surface area (TPSA) is 49.0 Å². The van der Waals surface area contributed by atoms with Crippen LogP contribution in [0.2, 0.25) is 0 Å². The largest absolute Gasteiger partial charge is 0.504 e. The van der Waals surface area contributed by atoms with Crippen LogP contribution < -0.4 is 5.32 Å². The van der Waals surface area contributed by atoms with E-state index >= 15 is 0 Å². The number of nitrogens with one attached hydrogen (secondary N) is 1. The zero-order valence-electron chi connectivity index (χ0n) is 14.9. The Labute approximate surface area is 145 Å². The molecule has 1 aliphatic heterocycles. The van der Waals surface area contributed by atoms with E-state index < -0.39 is 0 Å². The highest BCUT2D eigenvalue weighted by Gasteiger charge is 2.26. The first-order valence-electron chi connectivity index (χ1n) is 8.64. The highest BCUT2D eigenvalue weighted by molar-refractivity contribution is 5.46. The molecule has 0 aromatic carbocycles. The zero-order valence-corrected chi connectivity index (χ0v) is 14.9. The summed E-state index contributed by atoms with van der Waals surface area (Å²) in [7, 11) is 3.33. The third-order valence-corrected chi connectivity index (χ3v) is 3.82. The number of methoxy groups -OCH3 is 2. The van der Waals surface area contributed by atoms with Crippen LogP contribution in [0.4, 0.5) is 0 Å². The Morgan fingerprint density at radius 1 is 1.21 bits per heavy atom. The van der Waals surface area contributed by atoms with E-state index in [-0.39, 0.29) is 6.10 Å². The van der Waals surface area contributed by atoms with Crippen molar-refractivity contribution < 1.29 is 18.9 Å². The molecule has 0 aromatic rings. The van der Waals surface area contributed by atoms with Crippen LogP contribution in [0, 0.1) is 0 Å². The Balaban J connectivity index is 2.09. The van der Waals surface area contributed by atoms with Gasteiger partial charge in [0.1, 0.15) is 11.9 Å². The van der Waals surface area contributed by atoms with Crippen LogP contribution in [0.5, 0.6) is 0 Å². The number of rotatable bonds is 11. The predicted octanol–water partition coefficient (Wildman–Crippen LogP) is 3.41. The van der Waals surface area contributed by atoms with E-state index in [2.05, 4.69) is 18.3 Å². The lowest BCUT2D eigenvalue weighted by atomic mass is 10.0. The second-order valence-electron chi connectivity index (χ2n) is 5.90. The van der Waals surface area contributed by atoms with E-state index in [0.29, 0.717) is 19.3 Å². The summed E-state index contributed by atoms with van der Waals surface area (Å²) < 4.78 is 21.7. The monoisotopic (exact) mass is 335 g/mol. The lowest BCUT2D eigenvalue weighted by Crippen LogP contribution is -2.25. The molecule has 0 bridgehead atoms. The van der Waals surface area contributed by atoms with Gasteiger partial charge in [-0.1, -0.05) is 6.92 Å². The molecule has 1 unspecified atom stereocenters. The van der Waals surface area contributed by atoms with Gasteiger partial charge in [0.25, 0.3) is 0 Å². The third-order valence-electron chi connectivity index (χ3n) is 3.82. The molecule has 24 heavy (non-hydrogen) atoms. The number of hydrogen-bond donors (Lipinski definition) is 1. The van der Waals surface area contributed by atoms with Crippen molar-refractivity contribution in [2.24, 2.45) is 0 Å². The average Bonchev–Trinajstić information content (AvgIpc) is 3.40. The molecule has 0 spiro atoms. The summed E-state index contributed by atoms with van der Waals surface area (Å²) in [5, 5.41) is 3.59. The van der Waals surface area contributed by atoms with E-state index in [9.17, 15) is 0 Å². The van der Waals surface area contributed by atoms with Crippen molar-refractivity contribution in [3.63, 3.8) is 0 Å². The van der Waals surface area contributed by atoms with E-state index in [1.807, 2.05) is 12.2 Å². The molecule has 1 saturated carbocycles. The van der Waals surface area contributed by atoms with Crippen molar-refractivity contribution >= 4 is 0 Å². The summed E-state index contributed by atoms with van der Waals surface area (Å²) in [5.74, 6) is 0.799. The van der Waals surface area contributed by atoms with Crippen molar-refractivity contribution in [2.45, 2.75) is 44.8 Å². The van der Waals surface area contributed by atoms with E-state index in [1.54, 1.807) is 26.7 Å². The quantitative estimate of drug-likeness (QED) is 0.463. The van der Waals surface area contributed by atoms with Crippen LogP contribution in [-0.2, 0) is 18.9 Å². The van der Waals surface area contributed by atoms with Crippen molar-refractivity contribution in [2.75, 3.05) is 27.4 Å². The van der Waals surface area contributed by atoms with Gasteiger partial charge in [0.2, 0.25) is 0 Å². The summed E-state index contributed by atoms with van der Waals surface area (Å²) in [5.41, 5.74) is 2.10. The van der Waals surface area contributed by atoms with Crippen LogP contribution in [-0.4, -0.2) is 39.6 Å². The molecule has 2 rings (SSSR count). The Bertz CT molecular complexity index is 503. The van der Waals surface area contributed by atoms with Crippen molar-refractivity contribution in [3.8, 4) is 0 Å². The molecule has 2 aliphatic rings. The van der Waals surface area contributed by atoms with Gasteiger partial charge < -0.3 is 24.3 Å². The first-order valence-corrected chi connectivity index (χ1v) is 8.64. The van der Waals surface area contributed by atoms with Crippen LogP contribution in [0.3, 0.4) is 0 Å². The second kappa shape index (κ2) is 10.1. The smallest absolute Gasteiger partial charge is 0.132 e. The lowest BCUT2D eigenvalue weighted by molar-refractivity contribution is 0.146. The molecule has 1 aliphatic carbocycles. The van der Waals surface area contributed by atoms with Gasteiger partial charge in [0.05, 0.1) is 26.2 Å². The van der Waals surface area contributed by atoms with Gasteiger partial charge in [-0.3, -0.25) is 0 Å². The fourth-order valence-corrected chi connectivity index (χ4v) is 2.35. The molecule has 5 heteroatoms. The highest BCUT2D eigenvalue weighted by Crippen LogP contribution is 2.29. The van der Waals surface area contributed by atoms with Crippen molar-refractivity contribution in [1.29, 1.82) is 0 Å². The lowest BCUT2D eigenvalue weighted by Gasteiger charge is -2.26. The van der Waals surface area contributed by atoms with Gasteiger partial charge in [-0.15, -0.1) is 0 Å². The Morgan fingerprint density at radius 2 is 2.04 bits per heavy atom. The normalized spacial score (nSPS) is 21.1. The summed E-state index contributed by atoms with van der Waals surface area (Å²) in [6.45, 7) is 3.44. The predicted molar refractivity (Wildman–Crippen MR) is 94.2 cm³/mol. The zero-order chi connectivity index (χ0) is 17.2. The fraction of sp³-hybridized carbons (Fsp3) is 0.579. The minimum atomic E-state index is 0.0686. The summed E-state index contributed by atoms with van der Waals surface area (Å²) in [4.78, 5) is 0. The molecule has 0 saturated heterocycles. The van der Waals surface area contributed by atoms with Gasteiger partial charge in [0, 0.05) is 43.5 Å². The summed E-state index contributed by atoms with van der Waals surface area (Å²) in [6, 6.07) is 0.577. The molecule has 1 heterocycles. The minimum absolute atomic E-state index is 0.0686. The standard InChI is InChI=1S/C19H29NO4/c1-4-16-14-18(20-15-6-7-15)17(8-12-22-3)19(24-16)9-13-23-11-5-10-21-2/h8-9,12-16,20H,4-7,10-11H2,1-3H3/b12-8+,13-9+. The number of ether oxygens (including phenoxy) is 4. The van der Waals surface area contributed by atoms with Gasteiger partial charge in [-0.2, -0.15) is 0 Å². The second-order valence-corrected chi connectivity index (χ2v) is 5.90. The summed E-state index contributed by atoms with van der Waals surface area (Å²) >= 11 is 0. The summed E-state index contributed by atoms with van der Waals surface area (Å²) in [6.07, 6.45) is 13.6. The molecular formula is C19H29NO4. The fourth-order valence-electron chi connectivity index (χ4n) is 2.35. The maximum Gasteiger partial charge on any atom is 0.132 e. The van der Waals surface area contributed by atoms with Crippen LogP contribution >= 0.6 is 0 Å². The van der Waals surface area contributed by atoms with Crippen molar-refractivity contribution in [1.82, 2.24) is 5.32 Å². The van der Waals surface area contributed by atoms with Crippen LogP contribution in [0.25, 0.3) is 0 Å². The maximum atomic E-state index is 6.07.